The molecule has 3 amide bonds. The highest BCUT2D eigenvalue weighted by atomic mass is 16.2. The molecule has 3 N–H and O–H groups in total. The molecule has 2 saturated heterocycles. The number of rotatable bonds is 0. The first kappa shape index (κ1) is 8.34. The summed E-state index contributed by atoms with van der Waals surface area (Å²) in [7, 11) is 0. The second-order valence-electron chi connectivity index (χ2n) is 3.79. The van der Waals surface area contributed by atoms with E-state index in [0.717, 1.165) is 19.4 Å². The van der Waals surface area contributed by atoms with Gasteiger partial charge in [-0.05, 0) is 12.8 Å². The highest BCUT2D eigenvalue weighted by Gasteiger charge is 2.48. The van der Waals surface area contributed by atoms with Crippen LogP contribution in [0.1, 0.15) is 12.8 Å². The fraction of sp³-hybridized carbons (Fsp3) is 0.750. The van der Waals surface area contributed by atoms with Crippen molar-refractivity contribution in [1.82, 2.24) is 10.2 Å². The number of nitrogens with two attached hydrogens (primary N) is 1. The van der Waals surface area contributed by atoms with E-state index >= 15 is 0 Å². The Bertz CT molecular complexity index is 256. The largest absolute Gasteiger partial charge is 0.354 e. The third-order valence-corrected chi connectivity index (χ3v) is 3.10. The van der Waals surface area contributed by atoms with E-state index in [0.29, 0.717) is 13.1 Å². The van der Waals surface area contributed by atoms with Gasteiger partial charge in [0.25, 0.3) is 0 Å². The minimum Gasteiger partial charge on any atom is -0.354 e. The Hall–Kier alpha value is -1.26. The standard InChI is InChI=1S/C8H13N3O2/c9-7(13)11-3-1-8(2-4-11)5-10-6(8)12/h1-5H2,(H2,9,13)(H,10,12). The van der Waals surface area contributed by atoms with Crippen LogP contribution in [0.25, 0.3) is 0 Å². The maximum atomic E-state index is 11.2. The van der Waals surface area contributed by atoms with Gasteiger partial charge in [-0.25, -0.2) is 4.79 Å². The Morgan fingerprint density at radius 2 is 2.08 bits per heavy atom. The fourth-order valence-corrected chi connectivity index (χ4v) is 1.97. The highest BCUT2D eigenvalue weighted by molar-refractivity contribution is 5.89. The number of hydrogen-bond donors (Lipinski definition) is 2. The molecule has 72 valence electrons. The molecule has 0 bridgehead atoms. The van der Waals surface area contributed by atoms with Gasteiger partial charge in [0.05, 0.1) is 5.41 Å². The van der Waals surface area contributed by atoms with E-state index in [1.165, 1.54) is 0 Å². The van der Waals surface area contributed by atoms with Gasteiger partial charge < -0.3 is 16.0 Å². The van der Waals surface area contributed by atoms with Crippen LogP contribution >= 0.6 is 0 Å². The first-order chi connectivity index (χ1) is 6.14. The topological polar surface area (TPSA) is 75.4 Å². The summed E-state index contributed by atoms with van der Waals surface area (Å²) in [5.41, 5.74) is 4.96. The molecule has 5 heteroatoms. The van der Waals surface area contributed by atoms with Gasteiger partial charge in [0, 0.05) is 19.6 Å². The summed E-state index contributed by atoms with van der Waals surface area (Å²) in [4.78, 5) is 23.6. The molecule has 0 saturated carbocycles. The Balaban J connectivity index is 1.96. The van der Waals surface area contributed by atoms with Gasteiger partial charge in [-0.2, -0.15) is 0 Å². The number of carbonyl (C=O) groups excluding carboxylic acids is 2. The van der Waals surface area contributed by atoms with Crippen molar-refractivity contribution in [3.8, 4) is 0 Å². The number of amides is 3. The predicted octanol–water partition coefficient (Wildman–Crippen LogP) is -0.723. The number of hydrogen-bond acceptors (Lipinski definition) is 2. The van der Waals surface area contributed by atoms with Crippen molar-refractivity contribution in [3.05, 3.63) is 0 Å². The van der Waals surface area contributed by atoms with E-state index in [4.69, 9.17) is 5.73 Å². The van der Waals surface area contributed by atoms with Crippen LogP contribution in [0.15, 0.2) is 0 Å². The summed E-state index contributed by atoms with van der Waals surface area (Å²) < 4.78 is 0. The summed E-state index contributed by atoms with van der Waals surface area (Å²) in [6.07, 6.45) is 1.50. The van der Waals surface area contributed by atoms with Gasteiger partial charge in [0.1, 0.15) is 0 Å². The number of carbonyl (C=O) groups is 2. The van der Waals surface area contributed by atoms with Gasteiger partial charge in [-0.3, -0.25) is 4.79 Å². The fourth-order valence-electron chi connectivity index (χ4n) is 1.97. The van der Waals surface area contributed by atoms with Crippen molar-refractivity contribution in [2.75, 3.05) is 19.6 Å². The van der Waals surface area contributed by atoms with Crippen LogP contribution in [0, 0.1) is 5.41 Å². The van der Waals surface area contributed by atoms with Crippen molar-refractivity contribution < 1.29 is 9.59 Å². The average Bonchev–Trinajstić information content (AvgIpc) is 2.15. The van der Waals surface area contributed by atoms with E-state index in [1.807, 2.05) is 0 Å². The third-order valence-electron chi connectivity index (χ3n) is 3.10. The molecule has 0 aromatic rings. The molecule has 1 spiro atoms. The molecule has 0 aliphatic carbocycles. The summed E-state index contributed by atoms with van der Waals surface area (Å²) >= 11 is 0. The van der Waals surface area contributed by atoms with Crippen molar-refractivity contribution in [3.63, 3.8) is 0 Å². The molecule has 2 rings (SSSR count). The molecular formula is C8H13N3O2. The molecule has 0 unspecified atom stereocenters. The van der Waals surface area contributed by atoms with Gasteiger partial charge in [0.15, 0.2) is 0 Å². The van der Waals surface area contributed by atoms with E-state index < -0.39 is 0 Å². The number of nitrogens with one attached hydrogen (secondary N) is 1. The van der Waals surface area contributed by atoms with E-state index in [9.17, 15) is 9.59 Å². The zero-order chi connectivity index (χ0) is 9.47. The molecular weight excluding hydrogens is 170 g/mol. The number of piperidine rings is 1. The molecule has 5 nitrogen and oxygen atoms in total. The van der Waals surface area contributed by atoms with Crippen LogP contribution in [0.5, 0.6) is 0 Å². The Kier molecular flexibility index (Phi) is 1.68. The summed E-state index contributed by atoms with van der Waals surface area (Å²) in [5, 5.41) is 2.74. The quantitative estimate of drug-likeness (QED) is 0.486. The first-order valence-electron chi connectivity index (χ1n) is 4.47. The van der Waals surface area contributed by atoms with E-state index in [2.05, 4.69) is 5.32 Å². The van der Waals surface area contributed by atoms with Crippen LogP contribution < -0.4 is 11.1 Å². The SMILES string of the molecule is NC(=O)N1CCC2(CC1)CNC2=O. The summed E-state index contributed by atoms with van der Waals surface area (Å²) in [5.74, 6) is 0.136. The number of urea groups is 1. The minimum absolute atomic E-state index is 0.136. The lowest BCUT2D eigenvalue weighted by Crippen LogP contribution is -2.63. The zero-order valence-electron chi connectivity index (χ0n) is 7.38. The average molecular weight is 183 g/mol. The molecule has 0 aromatic carbocycles. The lowest BCUT2D eigenvalue weighted by molar-refractivity contribution is -0.143. The predicted molar refractivity (Wildman–Crippen MR) is 45.8 cm³/mol. The second kappa shape index (κ2) is 2.61. The van der Waals surface area contributed by atoms with Gasteiger partial charge in [-0.15, -0.1) is 0 Å². The van der Waals surface area contributed by atoms with Crippen molar-refractivity contribution >= 4 is 11.9 Å². The van der Waals surface area contributed by atoms with Crippen LogP contribution in [0.2, 0.25) is 0 Å². The Morgan fingerprint density at radius 1 is 1.46 bits per heavy atom. The normalized spacial score (nSPS) is 25.2. The lowest BCUT2D eigenvalue weighted by Gasteiger charge is -2.46. The Labute approximate surface area is 76.3 Å². The van der Waals surface area contributed by atoms with Gasteiger partial charge in [0.2, 0.25) is 5.91 Å². The number of likely N-dealkylation sites (tertiary alicyclic amines) is 1. The Morgan fingerprint density at radius 3 is 2.38 bits per heavy atom. The second-order valence-corrected chi connectivity index (χ2v) is 3.79. The number of nitrogens with zero attached hydrogens (tertiary/aromatic N) is 1. The monoisotopic (exact) mass is 183 g/mol. The van der Waals surface area contributed by atoms with Crippen molar-refractivity contribution in [1.29, 1.82) is 0 Å². The van der Waals surface area contributed by atoms with Gasteiger partial charge in [-0.1, -0.05) is 0 Å². The van der Waals surface area contributed by atoms with Crippen LogP contribution in [0.4, 0.5) is 4.79 Å². The van der Waals surface area contributed by atoms with Crippen molar-refractivity contribution in [2.24, 2.45) is 11.1 Å². The minimum atomic E-state index is -0.380. The highest BCUT2D eigenvalue weighted by Crippen LogP contribution is 2.35. The molecule has 2 aliphatic rings. The molecule has 0 aromatic heterocycles. The van der Waals surface area contributed by atoms with Crippen LogP contribution in [0.3, 0.4) is 0 Å². The first-order valence-corrected chi connectivity index (χ1v) is 4.47. The molecule has 2 aliphatic heterocycles. The van der Waals surface area contributed by atoms with E-state index in [-0.39, 0.29) is 17.4 Å². The third kappa shape index (κ3) is 1.15. The molecule has 0 radical (unpaired) electrons. The maximum absolute atomic E-state index is 11.2. The molecule has 2 fully saturated rings. The maximum Gasteiger partial charge on any atom is 0.314 e. The van der Waals surface area contributed by atoms with E-state index in [1.54, 1.807) is 4.90 Å². The van der Waals surface area contributed by atoms with Gasteiger partial charge >= 0.3 is 6.03 Å². The smallest absolute Gasteiger partial charge is 0.314 e. The zero-order valence-corrected chi connectivity index (χ0v) is 7.38. The van der Waals surface area contributed by atoms with Crippen molar-refractivity contribution in [2.45, 2.75) is 12.8 Å². The van der Waals surface area contributed by atoms with Crippen LogP contribution in [-0.2, 0) is 4.79 Å². The molecule has 2 heterocycles. The summed E-state index contributed by atoms with van der Waals surface area (Å²) in [6.45, 7) is 1.99. The van der Waals surface area contributed by atoms with Crippen LogP contribution in [-0.4, -0.2) is 36.5 Å². The summed E-state index contributed by atoms with van der Waals surface area (Å²) in [6, 6.07) is -0.380. The lowest BCUT2D eigenvalue weighted by atomic mass is 9.73. The number of primary amides is 1. The molecule has 0 atom stereocenters. The molecule has 13 heavy (non-hydrogen) atoms. The number of β-lactam (4-membered cyclic amide) rings is 1.